The van der Waals surface area contributed by atoms with E-state index in [0.717, 1.165) is 25.3 Å². The van der Waals surface area contributed by atoms with E-state index in [0.29, 0.717) is 37.4 Å². The van der Waals surface area contributed by atoms with Gasteiger partial charge in [0.15, 0.2) is 6.54 Å². The van der Waals surface area contributed by atoms with Gasteiger partial charge >= 0.3 is 0 Å². The van der Waals surface area contributed by atoms with Gasteiger partial charge in [0.25, 0.3) is 5.91 Å². The van der Waals surface area contributed by atoms with Gasteiger partial charge < -0.3 is 19.3 Å². The van der Waals surface area contributed by atoms with Crippen molar-refractivity contribution < 1.29 is 18.8 Å². The lowest BCUT2D eigenvalue weighted by Crippen LogP contribution is -2.44. The van der Waals surface area contributed by atoms with Crippen LogP contribution in [0.3, 0.4) is 0 Å². The van der Waals surface area contributed by atoms with Crippen LogP contribution in [0.1, 0.15) is 25.7 Å². The summed E-state index contributed by atoms with van der Waals surface area (Å²) in [6, 6.07) is 0. The molecule has 0 aliphatic rings. The van der Waals surface area contributed by atoms with Crippen molar-refractivity contribution in [1.82, 2.24) is 5.32 Å². The summed E-state index contributed by atoms with van der Waals surface area (Å²) in [6.07, 6.45) is 4.52. The Morgan fingerprint density at radius 2 is 1.57 bits per heavy atom. The number of carbonyl (C=O) groups excluding carboxylic acids is 1. The number of hydrogen-bond donors (Lipinski definition) is 1. The van der Waals surface area contributed by atoms with E-state index in [-0.39, 0.29) is 5.91 Å². The Morgan fingerprint density at radius 3 is 2.19 bits per heavy atom. The number of likely N-dealkylation sites (N-methyl/N-ethyl adjacent to an activating group) is 1. The summed E-state index contributed by atoms with van der Waals surface area (Å²) in [5.74, 6) is 0.805. The maximum absolute atomic E-state index is 11.5. The van der Waals surface area contributed by atoms with E-state index in [1.54, 1.807) is 0 Å². The minimum atomic E-state index is 0.0549. The summed E-state index contributed by atoms with van der Waals surface area (Å²) in [5, 5.41) is 2.84. The summed E-state index contributed by atoms with van der Waals surface area (Å²) < 4.78 is 11.5. The molecule has 1 amide bonds. The second-order valence-electron chi connectivity index (χ2n) is 6.13. The van der Waals surface area contributed by atoms with Crippen molar-refractivity contribution in [2.75, 3.05) is 66.5 Å². The van der Waals surface area contributed by atoms with Gasteiger partial charge in [-0.1, -0.05) is 12.8 Å². The van der Waals surface area contributed by atoms with Gasteiger partial charge in [-0.05, 0) is 12.8 Å². The largest absolute Gasteiger partial charge is 0.379 e. The van der Waals surface area contributed by atoms with Gasteiger partial charge in [-0.2, -0.15) is 0 Å². The Morgan fingerprint density at radius 1 is 0.952 bits per heavy atom. The molecular weight excluding hydrogens is 292 g/mol. The number of quaternary nitrogens is 1. The maximum atomic E-state index is 11.5. The molecule has 6 heteroatoms. The summed E-state index contributed by atoms with van der Waals surface area (Å²) in [5.41, 5.74) is 0. The van der Waals surface area contributed by atoms with Crippen molar-refractivity contribution in [2.24, 2.45) is 0 Å². The van der Waals surface area contributed by atoms with Crippen LogP contribution in [-0.2, 0) is 14.3 Å². The molecule has 0 atom stereocenters. The average molecular weight is 324 g/mol. The monoisotopic (exact) mass is 323 g/mol. The Hall–Kier alpha value is -0.360. The van der Waals surface area contributed by atoms with Crippen molar-refractivity contribution in [3.63, 3.8) is 0 Å². The Labute approximate surface area is 134 Å². The van der Waals surface area contributed by atoms with E-state index in [2.05, 4.69) is 5.32 Å². The minimum Gasteiger partial charge on any atom is -0.379 e. The maximum Gasteiger partial charge on any atom is 0.275 e. The highest BCUT2D eigenvalue weighted by Crippen LogP contribution is 2.00. The normalized spacial score (nSPS) is 11.6. The number of alkyl halides is 1. The van der Waals surface area contributed by atoms with E-state index in [4.69, 9.17) is 21.1 Å². The van der Waals surface area contributed by atoms with Gasteiger partial charge in [-0.3, -0.25) is 4.79 Å². The molecule has 0 spiro atoms. The van der Waals surface area contributed by atoms with E-state index in [1.807, 2.05) is 21.1 Å². The second-order valence-corrected chi connectivity index (χ2v) is 6.50. The highest BCUT2D eigenvalue weighted by atomic mass is 35.5. The van der Waals surface area contributed by atoms with Crippen LogP contribution >= 0.6 is 11.6 Å². The Kier molecular flexibility index (Phi) is 13.1. The molecule has 0 saturated carbocycles. The Bertz CT molecular complexity index is 258. The number of hydrogen-bond acceptors (Lipinski definition) is 3. The van der Waals surface area contributed by atoms with Crippen LogP contribution in [0.2, 0.25) is 0 Å². The first-order valence-corrected chi connectivity index (χ1v) is 8.28. The zero-order valence-corrected chi connectivity index (χ0v) is 14.6. The predicted molar refractivity (Wildman–Crippen MR) is 86.7 cm³/mol. The third-order valence-electron chi connectivity index (χ3n) is 2.73. The SMILES string of the molecule is C[N+](C)(C)CC(=O)NCCOCCOCCCCCCCl. The van der Waals surface area contributed by atoms with E-state index in [1.165, 1.54) is 12.8 Å². The number of unbranched alkanes of at least 4 members (excludes halogenated alkanes) is 3. The molecule has 126 valence electrons. The average Bonchev–Trinajstić information content (AvgIpc) is 2.38. The molecule has 0 aliphatic carbocycles. The van der Waals surface area contributed by atoms with Crippen molar-refractivity contribution in [3.8, 4) is 0 Å². The van der Waals surface area contributed by atoms with Gasteiger partial charge in [0.1, 0.15) is 0 Å². The van der Waals surface area contributed by atoms with Crippen molar-refractivity contribution in [3.05, 3.63) is 0 Å². The van der Waals surface area contributed by atoms with E-state index < -0.39 is 0 Å². The molecule has 5 nitrogen and oxygen atoms in total. The third kappa shape index (κ3) is 17.6. The van der Waals surface area contributed by atoms with Crippen molar-refractivity contribution in [1.29, 1.82) is 0 Å². The molecule has 0 aromatic heterocycles. The molecule has 0 fully saturated rings. The number of amides is 1. The number of ether oxygens (including phenoxy) is 2. The predicted octanol–water partition coefficient (Wildman–Crippen LogP) is 1.64. The molecular formula is C15H32ClN2O3+. The van der Waals surface area contributed by atoms with Crippen LogP contribution < -0.4 is 5.32 Å². The highest BCUT2D eigenvalue weighted by Gasteiger charge is 2.13. The quantitative estimate of drug-likeness (QED) is 0.300. The summed E-state index contributed by atoms with van der Waals surface area (Å²) in [4.78, 5) is 11.5. The standard InChI is InChI=1S/C15H31ClN2O3/c1-18(2,3)14-15(19)17-9-11-21-13-12-20-10-7-5-4-6-8-16/h4-14H2,1-3H3/p+1. The molecule has 1 N–H and O–H groups in total. The molecule has 0 bridgehead atoms. The summed E-state index contributed by atoms with van der Waals surface area (Å²) in [6.45, 7) is 3.53. The van der Waals surface area contributed by atoms with Gasteiger partial charge in [-0.15, -0.1) is 11.6 Å². The second kappa shape index (κ2) is 13.3. The van der Waals surface area contributed by atoms with Crippen LogP contribution in [0.5, 0.6) is 0 Å². The first-order chi connectivity index (χ1) is 9.95. The van der Waals surface area contributed by atoms with Crippen LogP contribution in [0, 0.1) is 0 Å². The fourth-order valence-corrected chi connectivity index (χ4v) is 1.91. The lowest BCUT2D eigenvalue weighted by Gasteiger charge is -2.22. The Balaban J connectivity index is 3.17. The number of halogens is 1. The molecule has 0 saturated heterocycles. The lowest BCUT2D eigenvalue weighted by molar-refractivity contribution is -0.862. The summed E-state index contributed by atoms with van der Waals surface area (Å²) >= 11 is 5.60. The highest BCUT2D eigenvalue weighted by molar-refractivity contribution is 6.17. The van der Waals surface area contributed by atoms with Crippen molar-refractivity contribution in [2.45, 2.75) is 25.7 Å². The number of rotatable bonds is 14. The van der Waals surface area contributed by atoms with Gasteiger partial charge in [-0.25, -0.2) is 0 Å². The van der Waals surface area contributed by atoms with E-state index >= 15 is 0 Å². The molecule has 0 aliphatic heterocycles. The van der Waals surface area contributed by atoms with Crippen LogP contribution in [0.4, 0.5) is 0 Å². The smallest absolute Gasteiger partial charge is 0.275 e. The number of nitrogens with zero attached hydrogens (tertiary/aromatic N) is 1. The first-order valence-electron chi connectivity index (χ1n) is 7.74. The number of nitrogens with one attached hydrogen (secondary N) is 1. The van der Waals surface area contributed by atoms with Crippen LogP contribution in [0.25, 0.3) is 0 Å². The number of carbonyl (C=O) groups is 1. The van der Waals surface area contributed by atoms with Gasteiger partial charge in [0, 0.05) is 19.0 Å². The zero-order chi connectivity index (χ0) is 16.0. The molecule has 0 aromatic carbocycles. The lowest BCUT2D eigenvalue weighted by atomic mass is 10.2. The van der Waals surface area contributed by atoms with Crippen LogP contribution in [-0.4, -0.2) is 76.9 Å². The van der Waals surface area contributed by atoms with E-state index in [9.17, 15) is 4.79 Å². The van der Waals surface area contributed by atoms with Gasteiger partial charge in [0.2, 0.25) is 0 Å². The zero-order valence-electron chi connectivity index (χ0n) is 13.8. The molecule has 0 heterocycles. The fraction of sp³-hybridized carbons (Fsp3) is 0.933. The van der Waals surface area contributed by atoms with Crippen molar-refractivity contribution >= 4 is 17.5 Å². The molecule has 0 aromatic rings. The topological polar surface area (TPSA) is 47.6 Å². The first kappa shape index (κ1) is 20.6. The molecule has 0 unspecified atom stereocenters. The van der Waals surface area contributed by atoms with Crippen LogP contribution in [0.15, 0.2) is 0 Å². The summed E-state index contributed by atoms with van der Waals surface area (Å²) in [7, 11) is 5.97. The third-order valence-corrected chi connectivity index (χ3v) is 3.00. The minimum absolute atomic E-state index is 0.0549. The molecule has 0 rings (SSSR count). The molecule has 21 heavy (non-hydrogen) atoms. The fourth-order valence-electron chi connectivity index (χ4n) is 1.72. The van der Waals surface area contributed by atoms with Gasteiger partial charge in [0.05, 0.1) is 41.0 Å². The molecule has 0 radical (unpaired) electrons.